The molecule has 0 bridgehead atoms. The third kappa shape index (κ3) is 8.31. The van der Waals surface area contributed by atoms with E-state index in [4.69, 9.17) is 32.7 Å². The Balaban J connectivity index is 1.25. The fourth-order valence-corrected chi connectivity index (χ4v) is 3.38. The number of benzene rings is 2. The number of amides is 2. The molecule has 2 aromatic carbocycles. The number of rotatable bonds is 12. The van der Waals surface area contributed by atoms with E-state index in [1.807, 2.05) is 0 Å². The van der Waals surface area contributed by atoms with Crippen LogP contribution in [0.2, 0.25) is 10.0 Å². The van der Waals surface area contributed by atoms with Gasteiger partial charge in [0, 0.05) is 23.1 Å². The van der Waals surface area contributed by atoms with Crippen molar-refractivity contribution in [2.45, 2.75) is 25.7 Å². The zero-order chi connectivity index (χ0) is 22.1. The second kappa shape index (κ2) is 11.3. The predicted octanol–water partition coefficient (Wildman–Crippen LogP) is 4.24. The molecule has 0 radical (unpaired) electrons. The van der Waals surface area contributed by atoms with Gasteiger partial charge in [-0.3, -0.25) is 9.59 Å². The molecule has 1 aliphatic rings. The number of nitrogens with one attached hydrogen (secondary N) is 2. The Labute approximate surface area is 192 Å². The maximum absolute atomic E-state index is 12.0. The zero-order valence-electron chi connectivity index (χ0n) is 17.2. The van der Waals surface area contributed by atoms with E-state index in [1.54, 1.807) is 48.5 Å². The molecular weight excluding hydrogens is 439 g/mol. The predicted molar refractivity (Wildman–Crippen MR) is 121 cm³/mol. The van der Waals surface area contributed by atoms with E-state index in [0.717, 1.165) is 25.7 Å². The lowest BCUT2D eigenvalue weighted by Gasteiger charge is -2.16. The molecule has 8 heteroatoms. The van der Waals surface area contributed by atoms with Gasteiger partial charge in [-0.15, -0.1) is 0 Å². The Kier molecular flexibility index (Phi) is 8.43. The molecule has 166 valence electrons. The van der Waals surface area contributed by atoms with Gasteiger partial charge in [0.1, 0.15) is 11.5 Å². The minimum atomic E-state index is -0.160. The first-order chi connectivity index (χ1) is 14.9. The van der Waals surface area contributed by atoms with Gasteiger partial charge in [-0.2, -0.15) is 0 Å². The topological polar surface area (TPSA) is 76.7 Å². The molecule has 0 saturated heterocycles. The third-order valence-electron chi connectivity index (χ3n) is 5.19. The van der Waals surface area contributed by atoms with Crippen LogP contribution in [0.1, 0.15) is 25.7 Å². The molecule has 2 N–H and O–H groups in total. The van der Waals surface area contributed by atoms with E-state index < -0.39 is 0 Å². The normalized spacial score (nSPS) is 13.9. The largest absolute Gasteiger partial charge is 0.484 e. The molecule has 0 aromatic heterocycles. The monoisotopic (exact) mass is 464 g/mol. The van der Waals surface area contributed by atoms with Gasteiger partial charge < -0.3 is 20.1 Å². The Bertz CT molecular complexity index is 868. The average molecular weight is 465 g/mol. The van der Waals surface area contributed by atoms with Gasteiger partial charge >= 0.3 is 0 Å². The van der Waals surface area contributed by atoms with Crippen molar-refractivity contribution in [3.05, 3.63) is 58.6 Å². The molecule has 2 amide bonds. The van der Waals surface area contributed by atoms with Crippen LogP contribution in [0.25, 0.3) is 0 Å². The van der Waals surface area contributed by atoms with Crippen LogP contribution in [0.5, 0.6) is 11.5 Å². The first-order valence-electron chi connectivity index (χ1n) is 10.2. The van der Waals surface area contributed by atoms with Crippen molar-refractivity contribution < 1.29 is 19.1 Å². The van der Waals surface area contributed by atoms with Crippen LogP contribution in [-0.4, -0.2) is 38.1 Å². The molecule has 1 saturated carbocycles. The molecule has 6 nitrogen and oxygen atoms in total. The molecule has 0 unspecified atom stereocenters. The van der Waals surface area contributed by atoms with E-state index in [9.17, 15) is 9.59 Å². The Morgan fingerprint density at radius 2 is 1.29 bits per heavy atom. The van der Waals surface area contributed by atoms with E-state index in [-0.39, 0.29) is 30.4 Å². The highest BCUT2D eigenvalue weighted by Crippen LogP contribution is 2.48. The molecule has 0 atom stereocenters. The summed E-state index contributed by atoms with van der Waals surface area (Å²) in [4.78, 5) is 23.9. The van der Waals surface area contributed by atoms with Gasteiger partial charge in [-0.25, -0.2) is 0 Å². The minimum absolute atomic E-state index is 0.0264. The molecule has 1 aliphatic carbocycles. The standard InChI is InChI=1S/C23H26Cl2N2O4/c24-17-2-6-19(7-3-17)30-14-21(28)26-13-1-10-23(11-12-23)16-27-22(29)15-31-20-8-4-18(25)5-9-20/h2-9H,1,10-16H2,(H,26,28)(H,27,29). The average Bonchev–Trinajstić information content (AvgIpc) is 3.55. The van der Waals surface area contributed by atoms with E-state index in [2.05, 4.69) is 10.6 Å². The van der Waals surface area contributed by atoms with E-state index in [0.29, 0.717) is 34.6 Å². The summed E-state index contributed by atoms with van der Waals surface area (Å²) >= 11 is 11.6. The van der Waals surface area contributed by atoms with Gasteiger partial charge in [0.2, 0.25) is 0 Å². The minimum Gasteiger partial charge on any atom is -0.484 e. The maximum Gasteiger partial charge on any atom is 0.257 e. The molecule has 0 aliphatic heterocycles. The summed E-state index contributed by atoms with van der Waals surface area (Å²) in [6.45, 7) is 1.15. The molecule has 3 rings (SSSR count). The number of carbonyl (C=O) groups is 2. The van der Waals surface area contributed by atoms with Crippen LogP contribution in [0.3, 0.4) is 0 Å². The SMILES string of the molecule is O=C(COc1ccc(Cl)cc1)NCCCC1(CNC(=O)COc2ccc(Cl)cc2)CC1. The summed E-state index contributed by atoms with van der Waals surface area (Å²) in [5.41, 5.74) is 0.139. The van der Waals surface area contributed by atoms with Gasteiger partial charge in [0.05, 0.1) is 0 Å². The van der Waals surface area contributed by atoms with Crippen LogP contribution in [-0.2, 0) is 9.59 Å². The lowest BCUT2D eigenvalue weighted by Crippen LogP contribution is -2.34. The first-order valence-corrected chi connectivity index (χ1v) is 11.0. The Morgan fingerprint density at radius 1 is 0.806 bits per heavy atom. The van der Waals surface area contributed by atoms with Crippen LogP contribution in [0, 0.1) is 5.41 Å². The Morgan fingerprint density at radius 3 is 1.77 bits per heavy atom. The maximum atomic E-state index is 12.0. The second-order valence-corrected chi connectivity index (χ2v) is 8.59. The Hall–Kier alpha value is -2.44. The van der Waals surface area contributed by atoms with Crippen molar-refractivity contribution in [3.63, 3.8) is 0 Å². The molecule has 2 aromatic rings. The zero-order valence-corrected chi connectivity index (χ0v) is 18.7. The van der Waals surface area contributed by atoms with Crippen molar-refractivity contribution in [2.24, 2.45) is 5.41 Å². The molecule has 0 heterocycles. The van der Waals surface area contributed by atoms with Crippen LogP contribution >= 0.6 is 23.2 Å². The molecule has 1 fully saturated rings. The summed E-state index contributed by atoms with van der Waals surface area (Å²) < 4.78 is 10.9. The number of carbonyl (C=O) groups excluding carboxylic acids is 2. The van der Waals surface area contributed by atoms with Gasteiger partial charge in [-0.05, 0) is 79.6 Å². The summed E-state index contributed by atoms with van der Waals surface area (Å²) in [5, 5.41) is 7.06. The third-order valence-corrected chi connectivity index (χ3v) is 5.69. The number of ether oxygens (including phenoxy) is 2. The van der Waals surface area contributed by atoms with Crippen molar-refractivity contribution in [1.82, 2.24) is 10.6 Å². The molecule has 31 heavy (non-hydrogen) atoms. The summed E-state index contributed by atoms with van der Waals surface area (Å²) in [6.07, 6.45) is 3.96. The highest BCUT2D eigenvalue weighted by Gasteiger charge is 2.41. The van der Waals surface area contributed by atoms with Crippen LogP contribution in [0.15, 0.2) is 48.5 Å². The lowest BCUT2D eigenvalue weighted by molar-refractivity contribution is -0.123. The van der Waals surface area contributed by atoms with Crippen molar-refractivity contribution in [2.75, 3.05) is 26.3 Å². The van der Waals surface area contributed by atoms with Gasteiger partial charge in [-0.1, -0.05) is 23.2 Å². The highest BCUT2D eigenvalue weighted by molar-refractivity contribution is 6.30. The lowest BCUT2D eigenvalue weighted by atomic mass is 10.00. The summed E-state index contributed by atoms with van der Waals surface area (Å²) in [5.74, 6) is 0.907. The fraction of sp³-hybridized carbons (Fsp3) is 0.391. The summed E-state index contributed by atoms with van der Waals surface area (Å²) in [7, 11) is 0. The number of hydrogen-bond acceptors (Lipinski definition) is 4. The fourth-order valence-electron chi connectivity index (χ4n) is 3.13. The van der Waals surface area contributed by atoms with Crippen LogP contribution in [0.4, 0.5) is 0 Å². The van der Waals surface area contributed by atoms with Gasteiger partial charge in [0.15, 0.2) is 13.2 Å². The van der Waals surface area contributed by atoms with Crippen molar-refractivity contribution in [1.29, 1.82) is 0 Å². The second-order valence-electron chi connectivity index (χ2n) is 7.72. The van der Waals surface area contributed by atoms with Gasteiger partial charge in [0.25, 0.3) is 11.8 Å². The van der Waals surface area contributed by atoms with E-state index in [1.165, 1.54) is 0 Å². The van der Waals surface area contributed by atoms with Crippen LogP contribution < -0.4 is 20.1 Å². The molecule has 0 spiro atoms. The first kappa shape index (κ1) is 23.2. The summed E-state index contributed by atoms with van der Waals surface area (Å²) in [6, 6.07) is 13.8. The quantitative estimate of drug-likeness (QED) is 0.460. The molecular formula is C23H26Cl2N2O4. The van der Waals surface area contributed by atoms with Crippen molar-refractivity contribution in [3.8, 4) is 11.5 Å². The number of hydrogen-bond donors (Lipinski definition) is 2. The van der Waals surface area contributed by atoms with E-state index >= 15 is 0 Å². The number of halogens is 2. The van der Waals surface area contributed by atoms with Crippen molar-refractivity contribution >= 4 is 35.0 Å². The highest BCUT2D eigenvalue weighted by atomic mass is 35.5. The smallest absolute Gasteiger partial charge is 0.257 e.